The van der Waals surface area contributed by atoms with E-state index in [0.717, 1.165) is 44.9 Å². The lowest BCUT2D eigenvalue weighted by Gasteiger charge is -2.40. The van der Waals surface area contributed by atoms with E-state index in [4.69, 9.17) is 0 Å². The van der Waals surface area contributed by atoms with Crippen molar-refractivity contribution in [2.45, 2.75) is 358 Å². The average molecular weight is 1640 g/mol. The number of benzene rings is 9. The van der Waals surface area contributed by atoms with Crippen molar-refractivity contribution < 1.29 is 35.1 Å². The van der Waals surface area contributed by atoms with E-state index in [9.17, 15) is 35.1 Å². The monoisotopic (exact) mass is 1640 g/mol. The molecule has 14 rings (SSSR count). The van der Waals surface area contributed by atoms with Gasteiger partial charge in [-0.05, 0) is 250 Å². The Morgan fingerprint density at radius 1 is 0.336 bits per heavy atom. The maximum Gasteiger partial charge on any atom is 0.149 e. The number of rotatable bonds is 13. The summed E-state index contributed by atoms with van der Waals surface area (Å²) < 4.78 is 115. The number of hydrogen-bond acceptors (Lipinski definition) is 4. The topological polar surface area (TPSA) is 13.0 Å². The van der Waals surface area contributed by atoms with E-state index in [1.54, 1.807) is 22.3 Å². The van der Waals surface area contributed by atoms with Crippen LogP contribution in [0.4, 0.5) is 57.9 Å². The number of aryl methyl sites for hydroxylation is 4. The van der Waals surface area contributed by atoms with Crippen LogP contribution in [-0.2, 0) is 19.3 Å². The van der Waals surface area contributed by atoms with Gasteiger partial charge in [-0.2, -0.15) is 0 Å². The minimum atomic E-state index is -0.676. The fraction of sp³-hybridized carbons (Fsp3) is 0.514. The maximum atomic E-state index is 14.6. The number of fused-ring (bicyclic) bond motifs is 1. The summed E-state index contributed by atoms with van der Waals surface area (Å²) in [7, 11) is 0. The first-order chi connectivity index (χ1) is 56.4. The van der Waals surface area contributed by atoms with Crippen molar-refractivity contribution >= 4 is 33.5 Å². The number of halogens is 8. The molecule has 4 aliphatic heterocycles. The van der Waals surface area contributed by atoms with Crippen LogP contribution in [0.25, 0.3) is 10.8 Å². The molecule has 650 valence electrons. The normalized spacial score (nSPS) is 20.8. The molecular formula is C107H146F8N4. The summed E-state index contributed by atoms with van der Waals surface area (Å²) in [6.45, 7) is 57.3. The highest BCUT2D eigenvalue weighted by Crippen LogP contribution is 2.57. The fourth-order valence-electron chi connectivity index (χ4n) is 20.2. The first-order valence-electron chi connectivity index (χ1n) is 45.1. The molecule has 4 heterocycles. The predicted molar refractivity (Wildman–Crippen MR) is 494 cm³/mol. The number of para-hydroxylation sites is 4. The Labute approximate surface area is 714 Å². The SMILES string of the molecule is CC1C(c2c(F)cccc2F)CC(C)(C)N1c1c(F)cccc1F.CC1C(c2c(F)cccc2F)CC2(CCCC2)N1c1c(F)cccc1F.CCC.CCC.CCC.CCC.CCc1cccc(C)c1N1C(C)C(c2ccccc2)CC1(C)C.CCc1cccc(CC)c1N1C(C)C(c2c(C(C)C)ccc3ccc(C(C)C)cc23)CC1(C)C. The van der Waals surface area contributed by atoms with Crippen LogP contribution < -0.4 is 19.6 Å². The Hall–Kier alpha value is -8.12. The minimum Gasteiger partial charge on any atom is -0.363 e. The van der Waals surface area contributed by atoms with Gasteiger partial charge in [0.15, 0.2) is 0 Å². The molecule has 5 fully saturated rings. The van der Waals surface area contributed by atoms with E-state index < -0.39 is 81.5 Å². The van der Waals surface area contributed by atoms with Crippen LogP contribution >= 0.6 is 0 Å². The third-order valence-electron chi connectivity index (χ3n) is 25.0. The summed E-state index contributed by atoms with van der Waals surface area (Å²) in [6, 6.07) is 51.8. The Kier molecular flexibility index (Phi) is 35.9. The van der Waals surface area contributed by atoms with Crippen LogP contribution in [-0.4, -0.2) is 46.3 Å². The molecule has 1 spiro atoms. The van der Waals surface area contributed by atoms with Gasteiger partial charge in [0.25, 0.3) is 0 Å². The third-order valence-corrected chi connectivity index (χ3v) is 25.0. The first kappa shape index (κ1) is 98.0. The van der Waals surface area contributed by atoms with Crippen molar-refractivity contribution in [3.8, 4) is 0 Å². The van der Waals surface area contributed by atoms with Gasteiger partial charge in [0, 0.05) is 92.5 Å². The molecule has 0 bridgehead atoms. The minimum absolute atomic E-state index is 0.0164. The van der Waals surface area contributed by atoms with Gasteiger partial charge in [-0.1, -0.05) is 264 Å². The van der Waals surface area contributed by atoms with Crippen molar-refractivity contribution in [2.24, 2.45) is 0 Å². The highest BCUT2D eigenvalue weighted by Gasteiger charge is 2.55. The smallest absolute Gasteiger partial charge is 0.149 e. The second kappa shape index (κ2) is 43.6. The summed E-state index contributed by atoms with van der Waals surface area (Å²) in [4.78, 5) is 8.87. The molecule has 1 aliphatic carbocycles. The van der Waals surface area contributed by atoms with Gasteiger partial charge in [0.1, 0.15) is 57.9 Å². The van der Waals surface area contributed by atoms with Crippen LogP contribution in [0.15, 0.2) is 170 Å². The molecule has 12 heteroatoms. The second-order valence-corrected chi connectivity index (χ2v) is 36.6. The van der Waals surface area contributed by atoms with Crippen LogP contribution in [0.2, 0.25) is 0 Å². The van der Waals surface area contributed by atoms with Crippen LogP contribution in [0.3, 0.4) is 0 Å². The molecule has 0 aromatic heterocycles. The number of nitrogens with zero attached hydrogens (tertiary/aromatic N) is 4. The molecule has 9 aromatic rings. The van der Waals surface area contributed by atoms with E-state index >= 15 is 0 Å². The number of hydrogen-bond donors (Lipinski definition) is 0. The quantitative estimate of drug-likeness (QED) is 0.107. The number of anilines is 4. The standard InChI is InChI=1S/C33H45N.C22H29N.C21H21F4N.C19H19F4N.4C3H8/c1-10-24-13-12-14-25(11-2)32(24)34-23(7)30(20-33(34,8)9)31-28(22(5)6)18-17-26-15-16-27(21(3)4)19-29(26)31;1-6-18-14-10-11-16(2)21(18)23-17(3)20(15-22(23,4)5)19-12-8-7-9-13-19;1-13-14(19-15(22)6-4-7-16(19)23)12-21(10-2-3-11-21)26(13)20-17(24)8-5-9-18(20)25;1-11-12(17-13(20)6-4-7-14(17)21)10-19(2,3)24(11)18-15(22)8-5-9-16(18)23;4*1-3-2/h12-19,21-23,30H,10-11,20H2,1-9H3;7-14,17,20H,6,15H2,1-5H3;4-9,13-14H,2-3,10-12H2,1H3;4-9,11-12H,10H2,1-3H3;4*3H2,1-2H3. The lowest BCUT2D eigenvalue weighted by molar-refractivity contribution is 0.413. The summed E-state index contributed by atoms with van der Waals surface area (Å²) in [5.74, 6) is -3.84. The van der Waals surface area contributed by atoms with Gasteiger partial charge in [-0.25, -0.2) is 35.1 Å². The average Bonchev–Trinajstić information content (AvgIpc) is 1.59. The highest BCUT2D eigenvalue weighted by molar-refractivity contribution is 5.89. The summed E-state index contributed by atoms with van der Waals surface area (Å²) >= 11 is 0. The lowest BCUT2D eigenvalue weighted by atomic mass is 9.79. The molecule has 8 unspecified atom stereocenters. The van der Waals surface area contributed by atoms with Gasteiger partial charge in [0.05, 0.1) is 0 Å². The summed E-state index contributed by atoms with van der Waals surface area (Å²) in [5, 5.41) is 2.86. The molecule has 0 radical (unpaired) electrons. The van der Waals surface area contributed by atoms with Gasteiger partial charge < -0.3 is 19.6 Å². The molecule has 9 aromatic carbocycles. The van der Waals surface area contributed by atoms with Crippen molar-refractivity contribution in [1.29, 1.82) is 0 Å². The Morgan fingerprint density at radius 2 is 0.664 bits per heavy atom. The highest BCUT2D eigenvalue weighted by atomic mass is 19.2. The largest absolute Gasteiger partial charge is 0.363 e. The maximum absolute atomic E-state index is 14.6. The molecule has 4 nitrogen and oxygen atoms in total. The molecule has 0 amide bonds. The van der Waals surface area contributed by atoms with Gasteiger partial charge in [-0.3, -0.25) is 0 Å². The van der Waals surface area contributed by atoms with Crippen molar-refractivity contribution in [1.82, 2.24) is 0 Å². The summed E-state index contributed by atoms with van der Waals surface area (Å²) in [5.41, 5.74) is 13.8. The van der Waals surface area contributed by atoms with E-state index in [2.05, 4.69) is 259 Å². The zero-order chi connectivity index (χ0) is 88.3. The Morgan fingerprint density at radius 3 is 1.08 bits per heavy atom. The zero-order valence-electron chi connectivity index (χ0n) is 77.4. The Balaban J connectivity index is 0.000000211. The molecule has 0 N–H and O–H groups in total. The third kappa shape index (κ3) is 22.0. The van der Waals surface area contributed by atoms with Crippen molar-refractivity contribution in [3.05, 3.63) is 272 Å². The molecular weight excluding hydrogens is 1490 g/mol. The lowest BCUT2D eigenvalue weighted by Crippen LogP contribution is -2.46. The molecule has 119 heavy (non-hydrogen) atoms. The second-order valence-electron chi connectivity index (χ2n) is 36.6. The van der Waals surface area contributed by atoms with Crippen molar-refractivity contribution in [3.63, 3.8) is 0 Å². The molecule has 8 atom stereocenters. The predicted octanol–water partition coefficient (Wildman–Crippen LogP) is 32.1. The van der Waals surface area contributed by atoms with Gasteiger partial charge in [0.2, 0.25) is 0 Å². The molecule has 5 aliphatic rings. The Bertz CT molecular complexity index is 4550. The van der Waals surface area contributed by atoms with E-state index in [1.165, 1.54) is 172 Å². The van der Waals surface area contributed by atoms with Crippen LogP contribution in [0, 0.1) is 53.5 Å². The summed E-state index contributed by atoms with van der Waals surface area (Å²) in [6.07, 6.45) is 15.0. The van der Waals surface area contributed by atoms with Crippen molar-refractivity contribution in [2.75, 3.05) is 19.6 Å². The molecule has 4 saturated heterocycles. The first-order valence-corrected chi connectivity index (χ1v) is 45.1. The van der Waals surface area contributed by atoms with E-state index in [-0.39, 0.29) is 33.6 Å². The van der Waals surface area contributed by atoms with Crippen LogP contribution in [0.1, 0.15) is 341 Å². The fourth-order valence-corrected chi connectivity index (χ4v) is 20.2. The van der Waals surface area contributed by atoms with Gasteiger partial charge in [-0.15, -0.1) is 0 Å². The van der Waals surface area contributed by atoms with E-state index in [1.807, 2.05) is 20.8 Å². The molecule has 1 saturated carbocycles. The van der Waals surface area contributed by atoms with E-state index in [0.29, 0.717) is 48.6 Å². The zero-order valence-corrected chi connectivity index (χ0v) is 77.4. The van der Waals surface area contributed by atoms with Crippen LogP contribution in [0.5, 0.6) is 0 Å². The van der Waals surface area contributed by atoms with Gasteiger partial charge >= 0.3 is 0 Å².